The molecule has 0 aromatic heterocycles. The number of rotatable bonds is 2. The summed E-state index contributed by atoms with van der Waals surface area (Å²) < 4.78 is 5.66. The molecule has 1 heterocycles. The Kier molecular flexibility index (Phi) is 3.03. The van der Waals surface area contributed by atoms with Crippen LogP contribution in [0.5, 0.6) is 0 Å². The molecule has 78 valence electrons. The standard InChI is InChI=1S/C13H15NO/c14-11-13(8-4-5-9-15-13)10-12-6-2-1-3-7-12/h1-3,6-7H,4-5,8-10H2/t13-/m0/s1. The molecule has 0 saturated carbocycles. The second kappa shape index (κ2) is 4.46. The summed E-state index contributed by atoms with van der Waals surface area (Å²) in [5, 5.41) is 9.23. The van der Waals surface area contributed by atoms with Gasteiger partial charge in [-0.15, -0.1) is 0 Å². The van der Waals surface area contributed by atoms with Crippen molar-refractivity contribution in [2.45, 2.75) is 31.3 Å². The first-order valence-corrected chi connectivity index (χ1v) is 5.44. The molecule has 0 radical (unpaired) electrons. The quantitative estimate of drug-likeness (QED) is 0.737. The molecule has 2 heteroatoms. The molecule has 1 fully saturated rings. The smallest absolute Gasteiger partial charge is 0.158 e. The zero-order valence-electron chi connectivity index (χ0n) is 8.78. The van der Waals surface area contributed by atoms with Gasteiger partial charge in [0.2, 0.25) is 0 Å². The molecule has 0 N–H and O–H groups in total. The highest BCUT2D eigenvalue weighted by Gasteiger charge is 2.33. The fourth-order valence-corrected chi connectivity index (χ4v) is 2.05. The number of ether oxygens (including phenoxy) is 1. The number of hydrogen-bond acceptors (Lipinski definition) is 2. The fraction of sp³-hybridized carbons (Fsp3) is 0.462. The highest BCUT2D eigenvalue weighted by atomic mass is 16.5. The maximum Gasteiger partial charge on any atom is 0.158 e. The van der Waals surface area contributed by atoms with Crippen molar-refractivity contribution in [3.63, 3.8) is 0 Å². The van der Waals surface area contributed by atoms with Crippen molar-refractivity contribution in [1.82, 2.24) is 0 Å². The minimum absolute atomic E-state index is 0.570. The van der Waals surface area contributed by atoms with E-state index in [-0.39, 0.29) is 0 Å². The molecule has 0 amide bonds. The average molecular weight is 201 g/mol. The predicted molar refractivity (Wildman–Crippen MR) is 58.3 cm³/mol. The Hall–Kier alpha value is -1.33. The molecule has 2 nitrogen and oxygen atoms in total. The van der Waals surface area contributed by atoms with Gasteiger partial charge in [0.15, 0.2) is 5.60 Å². The Morgan fingerprint density at radius 1 is 1.27 bits per heavy atom. The maximum absolute atomic E-state index is 9.23. The van der Waals surface area contributed by atoms with E-state index in [4.69, 9.17) is 4.74 Å². The molecule has 0 bridgehead atoms. The Bertz CT molecular complexity index is 347. The first kappa shape index (κ1) is 10.2. The lowest BCUT2D eigenvalue weighted by Crippen LogP contribution is -2.36. The number of hydrogen-bond donors (Lipinski definition) is 0. The Morgan fingerprint density at radius 3 is 2.67 bits per heavy atom. The monoisotopic (exact) mass is 201 g/mol. The van der Waals surface area contributed by atoms with E-state index >= 15 is 0 Å². The summed E-state index contributed by atoms with van der Waals surface area (Å²) in [5.41, 5.74) is 0.612. The fourth-order valence-electron chi connectivity index (χ4n) is 2.05. The van der Waals surface area contributed by atoms with Crippen LogP contribution in [0.25, 0.3) is 0 Å². The minimum Gasteiger partial charge on any atom is -0.360 e. The average Bonchev–Trinajstić information content (AvgIpc) is 2.32. The molecule has 0 unspecified atom stereocenters. The van der Waals surface area contributed by atoms with Crippen LogP contribution in [0.1, 0.15) is 24.8 Å². The van der Waals surface area contributed by atoms with Gasteiger partial charge in [0.1, 0.15) is 0 Å². The van der Waals surface area contributed by atoms with E-state index in [1.807, 2.05) is 18.2 Å². The number of nitrogens with zero attached hydrogens (tertiary/aromatic N) is 1. The number of nitriles is 1. The van der Waals surface area contributed by atoms with E-state index < -0.39 is 5.60 Å². The van der Waals surface area contributed by atoms with E-state index in [2.05, 4.69) is 18.2 Å². The van der Waals surface area contributed by atoms with Crippen LogP contribution in [0.4, 0.5) is 0 Å². The molecule has 1 atom stereocenters. The first-order valence-electron chi connectivity index (χ1n) is 5.44. The van der Waals surface area contributed by atoms with Crippen LogP contribution in [-0.4, -0.2) is 12.2 Å². The van der Waals surface area contributed by atoms with Gasteiger partial charge in [0.05, 0.1) is 6.07 Å². The van der Waals surface area contributed by atoms with Crippen LogP contribution < -0.4 is 0 Å². The Labute approximate surface area is 90.5 Å². The molecule has 1 saturated heterocycles. The molecule has 0 spiro atoms. The van der Waals surface area contributed by atoms with Crippen molar-refractivity contribution in [2.24, 2.45) is 0 Å². The molecule has 0 aliphatic carbocycles. The van der Waals surface area contributed by atoms with Crippen LogP contribution in [-0.2, 0) is 11.2 Å². The zero-order chi connectivity index (χ0) is 10.6. The van der Waals surface area contributed by atoms with Crippen molar-refractivity contribution in [3.05, 3.63) is 35.9 Å². The van der Waals surface area contributed by atoms with Crippen molar-refractivity contribution in [3.8, 4) is 6.07 Å². The van der Waals surface area contributed by atoms with Gasteiger partial charge in [-0.1, -0.05) is 30.3 Å². The lowest BCUT2D eigenvalue weighted by molar-refractivity contribution is -0.0367. The lowest BCUT2D eigenvalue weighted by Gasteiger charge is -2.31. The van der Waals surface area contributed by atoms with Gasteiger partial charge in [0.25, 0.3) is 0 Å². The largest absolute Gasteiger partial charge is 0.360 e. The van der Waals surface area contributed by atoms with Crippen LogP contribution in [0.15, 0.2) is 30.3 Å². The second-order valence-electron chi connectivity index (χ2n) is 4.07. The highest BCUT2D eigenvalue weighted by Crippen LogP contribution is 2.27. The van der Waals surface area contributed by atoms with Crippen molar-refractivity contribution < 1.29 is 4.74 Å². The third kappa shape index (κ3) is 2.37. The van der Waals surface area contributed by atoms with E-state index in [0.29, 0.717) is 6.42 Å². The molecule has 2 rings (SSSR count). The van der Waals surface area contributed by atoms with E-state index in [1.54, 1.807) is 0 Å². The van der Waals surface area contributed by atoms with Crippen molar-refractivity contribution in [1.29, 1.82) is 5.26 Å². The third-order valence-corrected chi connectivity index (χ3v) is 2.89. The van der Waals surface area contributed by atoms with Crippen molar-refractivity contribution >= 4 is 0 Å². The normalized spacial score (nSPS) is 25.8. The summed E-state index contributed by atoms with van der Waals surface area (Å²) in [6.45, 7) is 0.723. The van der Waals surface area contributed by atoms with E-state index in [0.717, 1.165) is 25.9 Å². The summed E-state index contributed by atoms with van der Waals surface area (Å²) in [6, 6.07) is 12.4. The molecule has 15 heavy (non-hydrogen) atoms. The van der Waals surface area contributed by atoms with Gasteiger partial charge in [-0.05, 0) is 24.8 Å². The molecule has 1 aromatic rings. The molecular formula is C13H15NO. The summed E-state index contributed by atoms with van der Waals surface area (Å²) in [4.78, 5) is 0. The van der Waals surface area contributed by atoms with Gasteiger partial charge in [0, 0.05) is 13.0 Å². The van der Waals surface area contributed by atoms with Gasteiger partial charge in [-0.2, -0.15) is 5.26 Å². The van der Waals surface area contributed by atoms with Gasteiger partial charge in [-0.25, -0.2) is 0 Å². The highest BCUT2D eigenvalue weighted by molar-refractivity contribution is 5.21. The van der Waals surface area contributed by atoms with E-state index in [9.17, 15) is 5.26 Å². The second-order valence-corrected chi connectivity index (χ2v) is 4.07. The lowest BCUT2D eigenvalue weighted by atomic mass is 9.88. The Morgan fingerprint density at radius 2 is 2.07 bits per heavy atom. The molecule has 1 aliphatic rings. The minimum atomic E-state index is -0.570. The number of benzene rings is 1. The Balaban J connectivity index is 2.12. The summed E-state index contributed by atoms with van der Waals surface area (Å²) >= 11 is 0. The van der Waals surface area contributed by atoms with E-state index in [1.165, 1.54) is 5.56 Å². The van der Waals surface area contributed by atoms with Crippen LogP contribution >= 0.6 is 0 Å². The van der Waals surface area contributed by atoms with Crippen LogP contribution in [0.2, 0.25) is 0 Å². The maximum atomic E-state index is 9.23. The van der Waals surface area contributed by atoms with Crippen LogP contribution in [0, 0.1) is 11.3 Å². The summed E-state index contributed by atoms with van der Waals surface area (Å²) in [6.07, 6.45) is 3.75. The molecule has 1 aromatic carbocycles. The molecular weight excluding hydrogens is 186 g/mol. The first-order chi connectivity index (χ1) is 7.35. The predicted octanol–water partition coefficient (Wildman–Crippen LogP) is 2.69. The van der Waals surface area contributed by atoms with Gasteiger partial charge < -0.3 is 4.74 Å². The third-order valence-electron chi connectivity index (χ3n) is 2.89. The summed E-state index contributed by atoms with van der Waals surface area (Å²) in [5.74, 6) is 0. The van der Waals surface area contributed by atoms with Gasteiger partial charge >= 0.3 is 0 Å². The zero-order valence-corrected chi connectivity index (χ0v) is 8.78. The van der Waals surface area contributed by atoms with Crippen LogP contribution in [0.3, 0.4) is 0 Å². The topological polar surface area (TPSA) is 33.0 Å². The van der Waals surface area contributed by atoms with Crippen molar-refractivity contribution in [2.75, 3.05) is 6.61 Å². The SMILES string of the molecule is N#C[C@@]1(Cc2ccccc2)CCCCO1. The summed E-state index contributed by atoms with van der Waals surface area (Å²) in [7, 11) is 0. The molecule has 1 aliphatic heterocycles. The van der Waals surface area contributed by atoms with Gasteiger partial charge in [-0.3, -0.25) is 0 Å².